The topological polar surface area (TPSA) is 64.0 Å². The summed E-state index contributed by atoms with van der Waals surface area (Å²) in [4.78, 5) is 30.2. The van der Waals surface area contributed by atoms with Gasteiger partial charge in [0.25, 0.3) is 5.56 Å². The Morgan fingerprint density at radius 1 is 1.25 bits per heavy atom. The number of hydrogen-bond acceptors (Lipinski definition) is 4. The lowest BCUT2D eigenvalue weighted by Gasteiger charge is -2.21. The van der Waals surface area contributed by atoms with Gasteiger partial charge in [-0.2, -0.15) is 0 Å². The molecule has 152 valence electrons. The minimum Gasteiger partial charge on any atom is -0.352 e. The molecule has 0 aliphatic heterocycles. The Kier molecular flexibility index (Phi) is 8.30. The summed E-state index contributed by atoms with van der Waals surface area (Å²) in [6.07, 6.45) is 4.74. The summed E-state index contributed by atoms with van der Waals surface area (Å²) < 4.78 is 1.77. The van der Waals surface area contributed by atoms with Gasteiger partial charge in [0.05, 0.1) is 16.2 Å². The second-order valence-corrected chi connectivity index (χ2v) is 8.86. The molecule has 1 N–H and O–H groups in total. The summed E-state index contributed by atoms with van der Waals surface area (Å²) >= 11 is 1.33. The van der Waals surface area contributed by atoms with Crippen LogP contribution < -0.4 is 10.9 Å². The van der Waals surface area contributed by atoms with Gasteiger partial charge in [0.15, 0.2) is 5.16 Å². The third-order valence-corrected chi connectivity index (χ3v) is 5.76. The molecule has 1 aromatic carbocycles. The van der Waals surface area contributed by atoms with Crippen molar-refractivity contribution in [1.82, 2.24) is 14.9 Å². The number of carbonyl (C=O) groups is 1. The van der Waals surface area contributed by atoms with Crippen molar-refractivity contribution in [2.24, 2.45) is 5.92 Å². The maximum absolute atomic E-state index is 13.2. The molecule has 0 unspecified atom stereocenters. The first kappa shape index (κ1) is 22.2. The number of nitrogens with one attached hydrogen (secondary N) is 1. The zero-order valence-electron chi connectivity index (χ0n) is 17.3. The summed E-state index contributed by atoms with van der Waals surface area (Å²) in [6.45, 7) is 12.4. The smallest absolute Gasteiger partial charge is 0.262 e. The van der Waals surface area contributed by atoms with E-state index in [4.69, 9.17) is 4.98 Å². The lowest BCUT2D eigenvalue weighted by Crippen LogP contribution is -2.32. The van der Waals surface area contributed by atoms with Crippen LogP contribution in [0.25, 0.3) is 10.9 Å². The Labute approximate surface area is 171 Å². The Morgan fingerprint density at radius 2 is 1.96 bits per heavy atom. The van der Waals surface area contributed by atoms with E-state index in [1.165, 1.54) is 11.8 Å². The summed E-state index contributed by atoms with van der Waals surface area (Å²) in [5, 5.41) is 3.66. The van der Waals surface area contributed by atoms with Crippen molar-refractivity contribution in [3.8, 4) is 0 Å². The Bertz CT molecular complexity index is 876. The van der Waals surface area contributed by atoms with Crippen molar-refractivity contribution in [3.05, 3.63) is 47.3 Å². The quantitative estimate of drug-likeness (QED) is 0.360. The normalized spacial score (nSPS) is 13.5. The molecular formula is C22H31N3O2S. The van der Waals surface area contributed by atoms with Gasteiger partial charge in [0.2, 0.25) is 5.91 Å². The Balaban J connectivity index is 2.37. The van der Waals surface area contributed by atoms with Crippen molar-refractivity contribution < 1.29 is 4.79 Å². The molecule has 0 bridgehead atoms. The second-order valence-electron chi connectivity index (χ2n) is 7.55. The van der Waals surface area contributed by atoms with Crippen LogP contribution in [0.3, 0.4) is 0 Å². The van der Waals surface area contributed by atoms with Crippen LogP contribution >= 0.6 is 11.8 Å². The second kappa shape index (κ2) is 10.5. The lowest BCUT2D eigenvalue weighted by atomic mass is 10.0. The van der Waals surface area contributed by atoms with Crippen LogP contribution in [-0.2, 0) is 4.79 Å². The van der Waals surface area contributed by atoms with Gasteiger partial charge in [-0.25, -0.2) is 4.98 Å². The molecule has 5 nitrogen and oxygen atoms in total. The maximum Gasteiger partial charge on any atom is 0.262 e. The average Bonchev–Trinajstić information content (AvgIpc) is 2.65. The highest BCUT2D eigenvalue weighted by Crippen LogP contribution is 2.27. The molecule has 28 heavy (non-hydrogen) atoms. The van der Waals surface area contributed by atoms with Gasteiger partial charge in [-0.15, -0.1) is 6.58 Å². The number of rotatable bonds is 10. The van der Waals surface area contributed by atoms with Gasteiger partial charge in [-0.3, -0.25) is 14.2 Å². The summed E-state index contributed by atoms with van der Waals surface area (Å²) in [5.41, 5.74) is 0.628. The van der Waals surface area contributed by atoms with Crippen molar-refractivity contribution in [1.29, 1.82) is 0 Å². The largest absolute Gasteiger partial charge is 0.352 e. The number of hydrogen-bond donors (Lipinski definition) is 1. The molecule has 1 amide bonds. The highest BCUT2D eigenvalue weighted by Gasteiger charge is 2.21. The molecule has 2 rings (SSSR count). The first-order chi connectivity index (χ1) is 13.3. The Morgan fingerprint density at radius 3 is 2.64 bits per heavy atom. The van der Waals surface area contributed by atoms with E-state index in [0.29, 0.717) is 28.5 Å². The third-order valence-electron chi connectivity index (χ3n) is 4.69. The molecule has 6 heteroatoms. The van der Waals surface area contributed by atoms with Crippen LogP contribution in [0.5, 0.6) is 0 Å². The molecule has 0 fully saturated rings. The van der Waals surface area contributed by atoms with Crippen LogP contribution in [0, 0.1) is 5.92 Å². The predicted octanol–water partition coefficient (Wildman–Crippen LogP) is 4.57. The molecule has 0 saturated heterocycles. The van der Waals surface area contributed by atoms with Crippen molar-refractivity contribution in [2.75, 3.05) is 6.54 Å². The van der Waals surface area contributed by atoms with Gasteiger partial charge >= 0.3 is 0 Å². The molecular weight excluding hydrogens is 370 g/mol. The number of nitrogens with zero attached hydrogens (tertiary/aromatic N) is 2. The molecule has 1 aromatic heterocycles. The molecule has 2 aromatic rings. The van der Waals surface area contributed by atoms with Gasteiger partial charge in [-0.05, 0) is 38.3 Å². The van der Waals surface area contributed by atoms with Gasteiger partial charge in [0.1, 0.15) is 0 Å². The van der Waals surface area contributed by atoms with Crippen molar-refractivity contribution >= 4 is 28.6 Å². The SMILES string of the molecule is C=CCNC(=O)[C@H](C)Sc1nc2ccccc2c(=O)n1[C@H](C)CCCC(C)C. The minimum atomic E-state index is -0.359. The highest BCUT2D eigenvalue weighted by molar-refractivity contribution is 8.00. The van der Waals surface area contributed by atoms with E-state index in [1.54, 1.807) is 10.6 Å². The molecule has 2 atom stereocenters. The van der Waals surface area contributed by atoms with Crippen molar-refractivity contribution in [3.63, 3.8) is 0 Å². The van der Waals surface area contributed by atoms with E-state index in [-0.39, 0.29) is 22.8 Å². The van der Waals surface area contributed by atoms with E-state index in [0.717, 1.165) is 19.3 Å². The maximum atomic E-state index is 13.2. The van der Waals surface area contributed by atoms with E-state index >= 15 is 0 Å². The zero-order valence-corrected chi connectivity index (χ0v) is 18.1. The number of para-hydroxylation sites is 1. The predicted molar refractivity (Wildman–Crippen MR) is 118 cm³/mol. The van der Waals surface area contributed by atoms with Gasteiger partial charge in [-0.1, -0.05) is 56.7 Å². The number of aromatic nitrogens is 2. The fourth-order valence-electron chi connectivity index (χ4n) is 3.08. The number of fused-ring (bicyclic) bond motifs is 1. The van der Waals surface area contributed by atoms with Crippen LogP contribution in [0.1, 0.15) is 53.0 Å². The van der Waals surface area contributed by atoms with Crippen LogP contribution in [0.4, 0.5) is 0 Å². The number of carbonyl (C=O) groups excluding carboxylic acids is 1. The lowest BCUT2D eigenvalue weighted by molar-refractivity contribution is -0.120. The molecule has 0 radical (unpaired) electrons. The first-order valence-corrected chi connectivity index (χ1v) is 10.8. The molecule has 0 aliphatic rings. The fourth-order valence-corrected chi connectivity index (χ4v) is 4.11. The first-order valence-electron chi connectivity index (χ1n) is 9.91. The molecule has 0 saturated carbocycles. The zero-order chi connectivity index (χ0) is 20.7. The van der Waals surface area contributed by atoms with E-state index in [2.05, 4.69) is 32.7 Å². The van der Waals surface area contributed by atoms with Gasteiger partial charge < -0.3 is 5.32 Å². The van der Waals surface area contributed by atoms with Crippen molar-refractivity contribution in [2.45, 2.75) is 63.4 Å². The van der Waals surface area contributed by atoms with Crippen LogP contribution in [-0.4, -0.2) is 27.3 Å². The molecule has 1 heterocycles. The number of amides is 1. The standard InChI is InChI=1S/C22H31N3O2S/c1-6-14-23-20(26)17(5)28-22-24-19-13-8-7-12-18(19)21(27)25(22)16(4)11-9-10-15(2)3/h6-8,12-13,15-17H,1,9-11,14H2,2-5H3,(H,23,26)/t16-,17+/m1/s1. The van der Waals surface area contributed by atoms with Gasteiger partial charge in [0, 0.05) is 12.6 Å². The Hall–Kier alpha value is -2.08. The highest BCUT2D eigenvalue weighted by atomic mass is 32.2. The van der Waals surface area contributed by atoms with Crippen LogP contribution in [0.15, 0.2) is 46.9 Å². The van der Waals surface area contributed by atoms with E-state index < -0.39 is 0 Å². The molecule has 0 aliphatic carbocycles. The average molecular weight is 402 g/mol. The number of thioether (sulfide) groups is 1. The summed E-state index contributed by atoms with van der Waals surface area (Å²) in [6, 6.07) is 7.42. The minimum absolute atomic E-state index is 0.0225. The summed E-state index contributed by atoms with van der Waals surface area (Å²) in [5.74, 6) is 0.549. The fraction of sp³-hybridized carbons (Fsp3) is 0.500. The van der Waals surface area contributed by atoms with E-state index in [9.17, 15) is 9.59 Å². The number of benzene rings is 1. The monoisotopic (exact) mass is 401 g/mol. The third kappa shape index (κ3) is 5.71. The summed E-state index contributed by atoms with van der Waals surface area (Å²) in [7, 11) is 0. The van der Waals surface area contributed by atoms with E-state index in [1.807, 2.05) is 31.2 Å². The van der Waals surface area contributed by atoms with Crippen LogP contribution in [0.2, 0.25) is 0 Å². The molecule has 0 spiro atoms.